The molecule has 1 saturated carbocycles. The molecule has 0 amide bonds. The zero-order valence-corrected chi connectivity index (χ0v) is 14.0. The standard InChI is InChI=1S/C16H31N3O2/c1-16(2,3)21-14(20)12-19-15(17-4)18-11-7-10-13-8-5-6-9-13/h13H,5-12H2,1-4H3,(H2,17,18,19). The molecule has 0 bridgehead atoms. The number of ether oxygens (including phenoxy) is 1. The van der Waals surface area contributed by atoms with Crippen molar-refractivity contribution in [2.24, 2.45) is 10.9 Å². The van der Waals surface area contributed by atoms with Crippen molar-refractivity contribution in [1.29, 1.82) is 0 Å². The maximum Gasteiger partial charge on any atom is 0.325 e. The molecule has 0 heterocycles. The SMILES string of the molecule is CN=C(NCCCC1CCCC1)NCC(=O)OC(C)(C)C. The lowest BCUT2D eigenvalue weighted by atomic mass is 10.0. The molecule has 1 fully saturated rings. The Morgan fingerprint density at radius 2 is 1.90 bits per heavy atom. The van der Waals surface area contributed by atoms with Crippen LogP contribution in [-0.4, -0.2) is 37.7 Å². The number of rotatable bonds is 6. The average Bonchev–Trinajstić information content (AvgIpc) is 2.89. The molecule has 21 heavy (non-hydrogen) atoms. The largest absolute Gasteiger partial charge is 0.459 e. The third-order valence-corrected chi connectivity index (χ3v) is 3.60. The molecule has 1 rings (SSSR count). The first-order valence-corrected chi connectivity index (χ1v) is 8.07. The second kappa shape index (κ2) is 8.90. The first kappa shape index (κ1) is 17.8. The molecule has 0 radical (unpaired) electrons. The Kier molecular flexibility index (Phi) is 7.54. The summed E-state index contributed by atoms with van der Waals surface area (Å²) >= 11 is 0. The number of hydrogen-bond donors (Lipinski definition) is 2. The number of guanidine groups is 1. The van der Waals surface area contributed by atoms with Crippen LogP contribution in [0.2, 0.25) is 0 Å². The number of esters is 1. The molecule has 0 aromatic heterocycles. The fourth-order valence-electron chi connectivity index (χ4n) is 2.65. The van der Waals surface area contributed by atoms with E-state index in [2.05, 4.69) is 15.6 Å². The van der Waals surface area contributed by atoms with Crippen LogP contribution in [0.4, 0.5) is 0 Å². The van der Waals surface area contributed by atoms with E-state index in [4.69, 9.17) is 4.74 Å². The molecule has 1 aliphatic rings. The average molecular weight is 297 g/mol. The summed E-state index contributed by atoms with van der Waals surface area (Å²) in [5.41, 5.74) is -0.447. The monoisotopic (exact) mass is 297 g/mol. The van der Waals surface area contributed by atoms with E-state index >= 15 is 0 Å². The van der Waals surface area contributed by atoms with Gasteiger partial charge in [0.15, 0.2) is 5.96 Å². The fourth-order valence-corrected chi connectivity index (χ4v) is 2.65. The molecule has 0 aliphatic heterocycles. The lowest BCUT2D eigenvalue weighted by Crippen LogP contribution is -2.42. The van der Waals surface area contributed by atoms with Crippen molar-refractivity contribution >= 4 is 11.9 Å². The minimum Gasteiger partial charge on any atom is -0.459 e. The first-order valence-electron chi connectivity index (χ1n) is 8.07. The van der Waals surface area contributed by atoms with Crippen molar-refractivity contribution in [3.8, 4) is 0 Å². The summed E-state index contributed by atoms with van der Waals surface area (Å²) < 4.78 is 5.24. The zero-order chi connectivity index (χ0) is 15.7. The van der Waals surface area contributed by atoms with Crippen LogP contribution in [0, 0.1) is 5.92 Å². The molecule has 1 aliphatic carbocycles. The van der Waals surface area contributed by atoms with Crippen LogP contribution in [0.5, 0.6) is 0 Å². The van der Waals surface area contributed by atoms with Crippen molar-refractivity contribution in [3.63, 3.8) is 0 Å². The van der Waals surface area contributed by atoms with E-state index in [9.17, 15) is 4.79 Å². The molecule has 0 spiro atoms. The summed E-state index contributed by atoms with van der Waals surface area (Å²) in [4.78, 5) is 15.7. The Bertz CT molecular complexity index is 342. The first-order chi connectivity index (χ1) is 9.90. The maximum atomic E-state index is 11.6. The van der Waals surface area contributed by atoms with Crippen LogP contribution >= 0.6 is 0 Å². The van der Waals surface area contributed by atoms with Gasteiger partial charge >= 0.3 is 5.97 Å². The molecule has 0 unspecified atom stereocenters. The normalized spacial score (nSPS) is 16.9. The molecule has 2 N–H and O–H groups in total. The van der Waals surface area contributed by atoms with Gasteiger partial charge in [0, 0.05) is 13.6 Å². The van der Waals surface area contributed by atoms with Crippen molar-refractivity contribution in [3.05, 3.63) is 0 Å². The second-order valence-corrected chi connectivity index (χ2v) is 6.73. The smallest absolute Gasteiger partial charge is 0.325 e. The minimum absolute atomic E-state index is 0.138. The van der Waals surface area contributed by atoms with Gasteiger partial charge in [-0.3, -0.25) is 9.79 Å². The van der Waals surface area contributed by atoms with Gasteiger partial charge in [-0.1, -0.05) is 25.7 Å². The van der Waals surface area contributed by atoms with Crippen molar-refractivity contribution in [2.75, 3.05) is 20.1 Å². The Labute approximate surface area is 128 Å². The summed E-state index contributed by atoms with van der Waals surface area (Å²) in [6, 6.07) is 0. The van der Waals surface area contributed by atoms with E-state index in [1.165, 1.54) is 32.1 Å². The van der Waals surface area contributed by atoms with Gasteiger partial charge < -0.3 is 15.4 Å². The van der Waals surface area contributed by atoms with Crippen LogP contribution in [0.3, 0.4) is 0 Å². The maximum absolute atomic E-state index is 11.6. The molecule has 0 atom stereocenters. The number of nitrogens with one attached hydrogen (secondary N) is 2. The molecular weight excluding hydrogens is 266 g/mol. The van der Waals surface area contributed by atoms with E-state index in [0.717, 1.165) is 18.9 Å². The molecular formula is C16H31N3O2. The predicted molar refractivity (Wildman–Crippen MR) is 86.4 cm³/mol. The van der Waals surface area contributed by atoms with Crippen LogP contribution in [0.1, 0.15) is 59.3 Å². The minimum atomic E-state index is -0.447. The van der Waals surface area contributed by atoms with E-state index in [1.54, 1.807) is 7.05 Å². The number of hydrogen-bond acceptors (Lipinski definition) is 3. The molecule has 5 heteroatoms. The molecule has 0 aromatic rings. The van der Waals surface area contributed by atoms with Gasteiger partial charge in [-0.25, -0.2) is 0 Å². The zero-order valence-electron chi connectivity index (χ0n) is 14.0. The van der Waals surface area contributed by atoms with Crippen molar-refractivity contribution in [2.45, 2.75) is 64.9 Å². The number of aliphatic imine (C=N–C) groups is 1. The van der Waals surface area contributed by atoms with Crippen LogP contribution in [-0.2, 0) is 9.53 Å². The van der Waals surface area contributed by atoms with Gasteiger partial charge in [-0.2, -0.15) is 0 Å². The highest BCUT2D eigenvalue weighted by Gasteiger charge is 2.16. The Morgan fingerprint density at radius 3 is 2.48 bits per heavy atom. The van der Waals surface area contributed by atoms with Crippen LogP contribution < -0.4 is 10.6 Å². The molecule has 0 saturated heterocycles. The Morgan fingerprint density at radius 1 is 1.24 bits per heavy atom. The molecule has 0 aromatic carbocycles. The highest BCUT2D eigenvalue weighted by Crippen LogP contribution is 2.28. The third kappa shape index (κ3) is 8.58. The summed E-state index contributed by atoms with van der Waals surface area (Å²) in [6.07, 6.45) is 8.03. The summed E-state index contributed by atoms with van der Waals surface area (Å²) in [7, 11) is 1.71. The van der Waals surface area contributed by atoms with E-state index in [1.807, 2.05) is 20.8 Å². The van der Waals surface area contributed by atoms with Gasteiger partial charge in [0.05, 0.1) is 0 Å². The number of carbonyl (C=O) groups excluding carboxylic acids is 1. The highest BCUT2D eigenvalue weighted by atomic mass is 16.6. The molecule has 5 nitrogen and oxygen atoms in total. The Balaban J connectivity index is 2.12. The number of nitrogens with zero attached hydrogens (tertiary/aromatic N) is 1. The second-order valence-electron chi connectivity index (χ2n) is 6.73. The Hall–Kier alpha value is -1.26. The number of carbonyl (C=O) groups is 1. The quantitative estimate of drug-likeness (QED) is 0.342. The lowest BCUT2D eigenvalue weighted by Gasteiger charge is -2.20. The van der Waals surface area contributed by atoms with Gasteiger partial charge in [0.1, 0.15) is 12.1 Å². The van der Waals surface area contributed by atoms with Gasteiger partial charge in [-0.15, -0.1) is 0 Å². The van der Waals surface area contributed by atoms with E-state index in [0.29, 0.717) is 5.96 Å². The van der Waals surface area contributed by atoms with Gasteiger partial charge in [0.25, 0.3) is 0 Å². The fraction of sp³-hybridized carbons (Fsp3) is 0.875. The summed E-state index contributed by atoms with van der Waals surface area (Å²) in [5.74, 6) is 1.31. The van der Waals surface area contributed by atoms with Crippen molar-refractivity contribution < 1.29 is 9.53 Å². The summed E-state index contributed by atoms with van der Waals surface area (Å²) in [6.45, 7) is 6.62. The predicted octanol–water partition coefficient (Wildman–Crippen LogP) is 2.46. The van der Waals surface area contributed by atoms with E-state index in [-0.39, 0.29) is 12.5 Å². The highest BCUT2D eigenvalue weighted by molar-refractivity contribution is 5.84. The molecule has 122 valence electrons. The lowest BCUT2D eigenvalue weighted by molar-refractivity contribution is -0.153. The van der Waals surface area contributed by atoms with Crippen LogP contribution in [0.15, 0.2) is 4.99 Å². The third-order valence-electron chi connectivity index (χ3n) is 3.60. The van der Waals surface area contributed by atoms with Crippen LogP contribution in [0.25, 0.3) is 0 Å². The topological polar surface area (TPSA) is 62.7 Å². The van der Waals surface area contributed by atoms with Gasteiger partial charge in [0.2, 0.25) is 0 Å². The van der Waals surface area contributed by atoms with E-state index < -0.39 is 5.60 Å². The van der Waals surface area contributed by atoms with Gasteiger partial charge in [-0.05, 0) is 39.5 Å². The van der Waals surface area contributed by atoms with Crippen molar-refractivity contribution in [1.82, 2.24) is 10.6 Å². The summed E-state index contributed by atoms with van der Waals surface area (Å²) in [5, 5.41) is 6.23.